The average Bonchev–Trinajstić information content (AvgIpc) is 2.77. The van der Waals surface area contributed by atoms with Crippen LogP contribution in [0.5, 0.6) is 5.75 Å². The number of nitrogens with zero attached hydrogens (tertiary/aromatic N) is 1. The van der Waals surface area contributed by atoms with E-state index < -0.39 is 5.82 Å². The van der Waals surface area contributed by atoms with Gasteiger partial charge in [0, 0.05) is 23.7 Å². The monoisotopic (exact) mass is 386 g/mol. The molecular weight excluding hydrogens is 367 g/mol. The van der Waals surface area contributed by atoms with E-state index in [0.717, 1.165) is 22.0 Å². The maximum atomic E-state index is 14.1. The molecule has 1 heterocycles. The Kier molecular flexibility index (Phi) is 5.47. The number of fused-ring (bicyclic) bond motifs is 1. The van der Waals surface area contributed by atoms with Gasteiger partial charge in [0.2, 0.25) is 0 Å². The topological polar surface area (TPSA) is 51.2 Å². The minimum atomic E-state index is -0.432. The summed E-state index contributed by atoms with van der Waals surface area (Å²) < 4.78 is 19.7. The van der Waals surface area contributed by atoms with Crippen LogP contribution in [0.4, 0.5) is 4.39 Å². The fourth-order valence-electron chi connectivity index (χ4n) is 3.00. The Morgan fingerprint density at radius 2 is 1.79 bits per heavy atom. The first-order chi connectivity index (χ1) is 14.2. The molecule has 0 unspecified atom stereocenters. The van der Waals surface area contributed by atoms with E-state index in [1.54, 1.807) is 30.5 Å². The molecule has 0 atom stereocenters. The molecule has 0 aliphatic rings. The van der Waals surface area contributed by atoms with Gasteiger partial charge in [-0.05, 0) is 47.5 Å². The zero-order chi connectivity index (χ0) is 20.1. The van der Waals surface area contributed by atoms with Crippen molar-refractivity contribution in [1.82, 2.24) is 10.3 Å². The van der Waals surface area contributed by atoms with Crippen LogP contribution in [0, 0.1) is 5.82 Å². The summed E-state index contributed by atoms with van der Waals surface area (Å²) in [6.45, 7) is 0.546. The van der Waals surface area contributed by atoms with Crippen molar-refractivity contribution >= 4 is 16.8 Å². The number of ether oxygens (including phenoxy) is 1. The van der Waals surface area contributed by atoms with Crippen LogP contribution in [0.15, 0.2) is 85.1 Å². The molecule has 144 valence electrons. The zero-order valence-electron chi connectivity index (χ0n) is 15.6. The second-order valence-electron chi connectivity index (χ2n) is 6.63. The Morgan fingerprint density at radius 1 is 0.931 bits per heavy atom. The van der Waals surface area contributed by atoms with Gasteiger partial charge in [-0.15, -0.1) is 0 Å². The van der Waals surface area contributed by atoms with Gasteiger partial charge in [-0.3, -0.25) is 9.78 Å². The van der Waals surface area contributed by atoms with E-state index in [1.165, 1.54) is 6.07 Å². The molecule has 29 heavy (non-hydrogen) atoms. The average molecular weight is 386 g/mol. The molecule has 0 saturated carbocycles. The maximum absolute atomic E-state index is 14.1. The van der Waals surface area contributed by atoms with Gasteiger partial charge in [-0.25, -0.2) is 4.39 Å². The number of halogens is 1. The van der Waals surface area contributed by atoms with Crippen molar-refractivity contribution in [2.24, 2.45) is 0 Å². The molecule has 1 aromatic heterocycles. The third-order valence-electron chi connectivity index (χ3n) is 4.55. The highest BCUT2D eigenvalue weighted by Gasteiger charge is 2.09. The fraction of sp³-hybridized carbons (Fsp3) is 0.0833. The number of benzene rings is 3. The molecule has 4 nitrogen and oxygen atoms in total. The van der Waals surface area contributed by atoms with Crippen LogP contribution >= 0.6 is 0 Å². The number of pyridine rings is 1. The van der Waals surface area contributed by atoms with Gasteiger partial charge >= 0.3 is 0 Å². The van der Waals surface area contributed by atoms with Gasteiger partial charge in [-0.2, -0.15) is 0 Å². The number of carbonyl (C=O) groups excluding carboxylic acids is 1. The second kappa shape index (κ2) is 8.52. The lowest BCUT2D eigenvalue weighted by molar-refractivity contribution is 0.0951. The summed E-state index contributed by atoms with van der Waals surface area (Å²) in [5.74, 6) is -0.470. The Balaban J connectivity index is 1.41. The maximum Gasteiger partial charge on any atom is 0.251 e. The van der Waals surface area contributed by atoms with Crippen LogP contribution in [0.1, 0.15) is 21.5 Å². The predicted octanol–water partition coefficient (Wildman–Crippen LogP) is 4.88. The SMILES string of the molecule is O=C(NCc1ccc(F)c(OCc2ccccc2)c1)c1ccc2ncccc2c1. The van der Waals surface area contributed by atoms with Crippen LogP contribution in [0.25, 0.3) is 10.9 Å². The number of hydrogen-bond donors (Lipinski definition) is 1. The first kappa shape index (κ1) is 18.6. The molecule has 3 aromatic carbocycles. The summed E-state index contributed by atoms with van der Waals surface area (Å²) in [5, 5.41) is 3.76. The lowest BCUT2D eigenvalue weighted by atomic mass is 10.1. The highest BCUT2D eigenvalue weighted by Crippen LogP contribution is 2.20. The summed E-state index contributed by atoms with van der Waals surface area (Å²) in [6.07, 6.45) is 1.72. The van der Waals surface area contributed by atoms with Crippen molar-refractivity contribution in [1.29, 1.82) is 0 Å². The zero-order valence-corrected chi connectivity index (χ0v) is 15.6. The van der Waals surface area contributed by atoms with Crippen LogP contribution < -0.4 is 10.1 Å². The van der Waals surface area contributed by atoms with E-state index in [1.807, 2.05) is 48.5 Å². The number of nitrogens with one attached hydrogen (secondary N) is 1. The molecule has 5 heteroatoms. The van der Waals surface area contributed by atoms with Gasteiger partial charge in [-0.1, -0.05) is 42.5 Å². The molecule has 1 N–H and O–H groups in total. The predicted molar refractivity (Wildman–Crippen MR) is 110 cm³/mol. The second-order valence-corrected chi connectivity index (χ2v) is 6.63. The molecule has 1 amide bonds. The minimum Gasteiger partial charge on any atom is -0.486 e. The van der Waals surface area contributed by atoms with E-state index in [0.29, 0.717) is 5.56 Å². The number of rotatable bonds is 6. The summed E-state index contributed by atoms with van der Waals surface area (Å²) in [7, 11) is 0. The van der Waals surface area contributed by atoms with Crippen molar-refractivity contribution in [3.05, 3.63) is 108 Å². The third-order valence-corrected chi connectivity index (χ3v) is 4.55. The van der Waals surface area contributed by atoms with Crippen molar-refractivity contribution in [3.63, 3.8) is 0 Å². The Labute approximate surface area is 168 Å². The minimum absolute atomic E-state index is 0.164. The normalized spacial score (nSPS) is 10.7. The molecule has 0 spiro atoms. The van der Waals surface area contributed by atoms with Crippen molar-refractivity contribution in [2.75, 3.05) is 0 Å². The van der Waals surface area contributed by atoms with Gasteiger partial charge < -0.3 is 10.1 Å². The van der Waals surface area contributed by atoms with Crippen LogP contribution in [0.3, 0.4) is 0 Å². The van der Waals surface area contributed by atoms with E-state index in [4.69, 9.17) is 4.74 Å². The van der Waals surface area contributed by atoms with Gasteiger partial charge in [0.25, 0.3) is 5.91 Å². The quantitative estimate of drug-likeness (QED) is 0.514. The smallest absolute Gasteiger partial charge is 0.251 e. The number of carbonyl (C=O) groups is 1. The number of hydrogen-bond acceptors (Lipinski definition) is 3. The molecule has 0 fully saturated rings. The van der Waals surface area contributed by atoms with Gasteiger partial charge in [0.1, 0.15) is 6.61 Å². The molecule has 0 aliphatic heterocycles. The van der Waals surface area contributed by atoms with E-state index in [9.17, 15) is 9.18 Å². The van der Waals surface area contributed by atoms with Crippen molar-refractivity contribution in [3.8, 4) is 5.75 Å². The molecule has 0 saturated heterocycles. The standard InChI is InChI=1S/C24H19FN2O2/c25-21-10-8-18(13-23(21)29-16-17-5-2-1-3-6-17)15-27-24(28)20-9-11-22-19(14-20)7-4-12-26-22/h1-14H,15-16H2,(H,27,28). The highest BCUT2D eigenvalue weighted by atomic mass is 19.1. The Morgan fingerprint density at radius 3 is 2.66 bits per heavy atom. The van der Waals surface area contributed by atoms with Crippen LogP contribution in [-0.4, -0.2) is 10.9 Å². The third kappa shape index (κ3) is 4.58. The van der Waals surface area contributed by atoms with Gasteiger partial charge in [0.05, 0.1) is 5.52 Å². The van der Waals surface area contributed by atoms with E-state index in [-0.39, 0.29) is 24.8 Å². The molecule has 4 rings (SSSR count). The lowest BCUT2D eigenvalue weighted by Crippen LogP contribution is -2.22. The Hall–Kier alpha value is -3.73. The summed E-state index contributed by atoms with van der Waals surface area (Å²) in [4.78, 5) is 16.7. The highest BCUT2D eigenvalue weighted by molar-refractivity contribution is 5.97. The van der Waals surface area contributed by atoms with Crippen LogP contribution in [-0.2, 0) is 13.2 Å². The largest absolute Gasteiger partial charge is 0.486 e. The summed E-state index contributed by atoms with van der Waals surface area (Å²) in [5.41, 5.74) is 3.10. The molecular formula is C24H19FN2O2. The molecule has 0 bridgehead atoms. The van der Waals surface area contributed by atoms with Crippen LogP contribution in [0.2, 0.25) is 0 Å². The lowest BCUT2D eigenvalue weighted by Gasteiger charge is -2.10. The fourth-order valence-corrected chi connectivity index (χ4v) is 3.00. The first-order valence-corrected chi connectivity index (χ1v) is 9.27. The number of amides is 1. The molecule has 0 aliphatic carbocycles. The van der Waals surface area contributed by atoms with Crippen molar-refractivity contribution < 1.29 is 13.9 Å². The molecule has 0 radical (unpaired) electrons. The Bertz CT molecular complexity index is 1150. The van der Waals surface area contributed by atoms with E-state index in [2.05, 4.69) is 10.3 Å². The summed E-state index contributed by atoms with van der Waals surface area (Å²) in [6, 6.07) is 23.3. The van der Waals surface area contributed by atoms with E-state index >= 15 is 0 Å². The first-order valence-electron chi connectivity index (χ1n) is 9.27. The molecule has 4 aromatic rings. The number of aromatic nitrogens is 1. The van der Waals surface area contributed by atoms with Gasteiger partial charge in [0.15, 0.2) is 11.6 Å². The van der Waals surface area contributed by atoms with Crippen molar-refractivity contribution in [2.45, 2.75) is 13.2 Å². The summed E-state index contributed by atoms with van der Waals surface area (Å²) >= 11 is 0.